The Morgan fingerprint density at radius 2 is 1.97 bits per heavy atom. The predicted molar refractivity (Wildman–Crippen MR) is 120 cm³/mol. The summed E-state index contributed by atoms with van der Waals surface area (Å²) in [6, 6.07) is 7.62. The van der Waals surface area contributed by atoms with Crippen molar-refractivity contribution >= 4 is 5.96 Å². The molecule has 1 fully saturated rings. The fourth-order valence-corrected chi connectivity index (χ4v) is 3.38. The van der Waals surface area contributed by atoms with Crippen molar-refractivity contribution in [2.45, 2.75) is 32.1 Å². The highest BCUT2D eigenvalue weighted by molar-refractivity contribution is 5.77. The van der Waals surface area contributed by atoms with Gasteiger partial charge in [0.25, 0.3) is 0 Å². The van der Waals surface area contributed by atoms with Crippen LogP contribution in [0.2, 0.25) is 0 Å². The number of aromatic nitrogens is 2. The van der Waals surface area contributed by atoms with Gasteiger partial charge in [0.2, 0.25) is 11.7 Å². The fraction of sp³-hybridized carbons (Fsp3) is 0.591. The summed E-state index contributed by atoms with van der Waals surface area (Å²) in [6.07, 6.45) is 4.85. The van der Waals surface area contributed by atoms with Gasteiger partial charge in [-0.1, -0.05) is 11.6 Å². The van der Waals surface area contributed by atoms with E-state index in [1.807, 2.05) is 24.3 Å². The van der Waals surface area contributed by atoms with Crippen molar-refractivity contribution < 1.29 is 14.0 Å². The number of nitrogens with one attached hydrogen (secondary N) is 1. The average molecular weight is 431 g/mol. The van der Waals surface area contributed by atoms with E-state index in [4.69, 9.17) is 19.7 Å². The molecule has 0 saturated carbocycles. The van der Waals surface area contributed by atoms with E-state index >= 15 is 0 Å². The van der Waals surface area contributed by atoms with Crippen LogP contribution in [0.4, 0.5) is 0 Å². The highest BCUT2D eigenvalue weighted by Gasteiger charge is 2.09. The van der Waals surface area contributed by atoms with Gasteiger partial charge in [-0.05, 0) is 43.5 Å². The van der Waals surface area contributed by atoms with E-state index in [0.717, 1.165) is 89.4 Å². The van der Waals surface area contributed by atoms with Crippen LogP contribution in [0, 0.1) is 0 Å². The van der Waals surface area contributed by atoms with Crippen LogP contribution < -0.4 is 15.8 Å². The van der Waals surface area contributed by atoms with Gasteiger partial charge in [-0.2, -0.15) is 4.98 Å². The van der Waals surface area contributed by atoms with E-state index in [9.17, 15) is 0 Å². The molecule has 0 amide bonds. The molecular weight excluding hydrogens is 396 g/mol. The number of aryl methyl sites for hydroxylation is 1. The zero-order chi connectivity index (χ0) is 21.7. The van der Waals surface area contributed by atoms with Gasteiger partial charge in [-0.25, -0.2) is 0 Å². The summed E-state index contributed by atoms with van der Waals surface area (Å²) in [5, 5.41) is 7.25. The first-order valence-corrected chi connectivity index (χ1v) is 11.1. The summed E-state index contributed by atoms with van der Waals surface area (Å²) in [4.78, 5) is 11.3. The number of rotatable bonds is 12. The number of hydrogen-bond donors (Lipinski definition) is 2. The van der Waals surface area contributed by atoms with Crippen molar-refractivity contribution in [3.63, 3.8) is 0 Å². The Labute approximate surface area is 184 Å². The normalized spacial score (nSPS) is 15.2. The largest absolute Gasteiger partial charge is 0.497 e. The Kier molecular flexibility index (Phi) is 9.59. The van der Waals surface area contributed by atoms with Crippen LogP contribution in [0.15, 0.2) is 33.8 Å². The molecular formula is C22H34N6O3. The molecule has 3 rings (SSSR count). The predicted octanol–water partition coefficient (Wildman–Crippen LogP) is 2.08. The number of unbranched alkanes of at least 4 members (excludes halogenated alkanes) is 2. The highest BCUT2D eigenvalue weighted by Crippen LogP contribution is 2.20. The van der Waals surface area contributed by atoms with E-state index in [-0.39, 0.29) is 0 Å². The molecule has 1 aliphatic rings. The number of methoxy groups -OCH3 is 1. The van der Waals surface area contributed by atoms with E-state index in [1.54, 1.807) is 7.11 Å². The van der Waals surface area contributed by atoms with Gasteiger partial charge in [-0.3, -0.25) is 9.89 Å². The second kappa shape index (κ2) is 12.9. The third-order valence-corrected chi connectivity index (χ3v) is 5.21. The Bertz CT molecular complexity index is 787. The van der Waals surface area contributed by atoms with E-state index in [2.05, 4.69) is 25.3 Å². The first-order chi connectivity index (χ1) is 15.2. The maximum Gasteiger partial charge on any atom is 0.226 e. The summed E-state index contributed by atoms with van der Waals surface area (Å²) in [5.74, 6) is 2.61. The van der Waals surface area contributed by atoms with E-state index < -0.39 is 0 Å². The lowest BCUT2D eigenvalue weighted by Gasteiger charge is -2.26. The molecule has 9 nitrogen and oxygen atoms in total. The minimum atomic E-state index is 0.531. The fourth-order valence-electron chi connectivity index (χ4n) is 3.38. The van der Waals surface area contributed by atoms with Gasteiger partial charge in [-0.15, -0.1) is 0 Å². The molecule has 0 atom stereocenters. The van der Waals surface area contributed by atoms with Crippen molar-refractivity contribution in [3.8, 4) is 17.1 Å². The summed E-state index contributed by atoms with van der Waals surface area (Å²) in [7, 11) is 1.64. The molecule has 0 aliphatic carbocycles. The maximum absolute atomic E-state index is 5.94. The van der Waals surface area contributed by atoms with Crippen LogP contribution in [0.5, 0.6) is 5.75 Å². The molecule has 0 bridgehead atoms. The molecule has 9 heteroatoms. The first-order valence-electron chi connectivity index (χ1n) is 11.1. The monoisotopic (exact) mass is 430 g/mol. The number of nitrogens with two attached hydrogens (primary N) is 1. The number of hydrogen-bond acceptors (Lipinski definition) is 7. The van der Waals surface area contributed by atoms with Gasteiger partial charge in [0.1, 0.15) is 5.75 Å². The molecule has 2 aromatic rings. The van der Waals surface area contributed by atoms with Gasteiger partial charge in [0.05, 0.1) is 20.3 Å². The van der Waals surface area contributed by atoms with Crippen LogP contribution >= 0.6 is 0 Å². The van der Waals surface area contributed by atoms with Gasteiger partial charge < -0.3 is 25.0 Å². The highest BCUT2D eigenvalue weighted by atomic mass is 16.5. The summed E-state index contributed by atoms with van der Waals surface area (Å²) in [5.41, 5.74) is 6.86. The SMILES string of the molecule is COc1ccc(-c2noc(CCCCCNC(N)=NCCCN3CCOCC3)n2)cc1. The van der Waals surface area contributed by atoms with Crippen LogP contribution in [-0.4, -0.2) is 74.0 Å². The van der Waals surface area contributed by atoms with E-state index in [1.165, 1.54) is 0 Å². The lowest BCUT2D eigenvalue weighted by Crippen LogP contribution is -2.37. The molecule has 0 radical (unpaired) electrons. The second-order valence-corrected chi connectivity index (χ2v) is 7.55. The van der Waals surface area contributed by atoms with E-state index in [0.29, 0.717) is 17.7 Å². The lowest BCUT2D eigenvalue weighted by atomic mass is 10.2. The topological polar surface area (TPSA) is 111 Å². The average Bonchev–Trinajstić information content (AvgIpc) is 3.29. The zero-order valence-corrected chi connectivity index (χ0v) is 18.4. The van der Waals surface area contributed by atoms with Crippen LogP contribution in [-0.2, 0) is 11.2 Å². The van der Waals surface area contributed by atoms with Gasteiger partial charge >= 0.3 is 0 Å². The number of benzene rings is 1. The zero-order valence-electron chi connectivity index (χ0n) is 18.4. The van der Waals surface area contributed by atoms with Crippen molar-refractivity contribution in [1.82, 2.24) is 20.4 Å². The Morgan fingerprint density at radius 3 is 2.74 bits per heavy atom. The van der Waals surface area contributed by atoms with Crippen LogP contribution in [0.1, 0.15) is 31.6 Å². The van der Waals surface area contributed by atoms with Gasteiger partial charge in [0.15, 0.2) is 5.96 Å². The lowest BCUT2D eigenvalue weighted by molar-refractivity contribution is 0.0377. The second-order valence-electron chi connectivity index (χ2n) is 7.55. The summed E-state index contributed by atoms with van der Waals surface area (Å²) >= 11 is 0. The molecule has 31 heavy (non-hydrogen) atoms. The number of ether oxygens (including phenoxy) is 2. The minimum absolute atomic E-state index is 0.531. The van der Waals surface area contributed by atoms with Crippen LogP contribution in [0.3, 0.4) is 0 Å². The molecule has 2 heterocycles. The van der Waals surface area contributed by atoms with Crippen molar-refractivity contribution in [3.05, 3.63) is 30.2 Å². The molecule has 1 aromatic carbocycles. The number of aliphatic imine (C=N–C) groups is 1. The van der Waals surface area contributed by atoms with Crippen molar-refractivity contribution in [2.75, 3.05) is 53.0 Å². The number of guanidine groups is 1. The molecule has 1 aromatic heterocycles. The Morgan fingerprint density at radius 1 is 1.16 bits per heavy atom. The molecule has 1 aliphatic heterocycles. The molecule has 170 valence electrons. The third kappa shape index (κ3) is 8.18. The van der Waals surface area contributed by atoms with Crippen molar-refractivity contribution in [1.29, 1.82) is 0 Å². The quantitative estimate of drug-likeness (QED) is 0.299. The summed E-state index contributed by atoms with van der Waals surface area (Å²) < 4.78 is 15.9. The minimum Gasteiger partial charge on any atom is -0.497 e. The summed E-state index contributed by atoms with van der Waals surface area (Å²) in [6.45, 7) is 6.33. The number of morpholine rings is 1. The molecule has 3 N–H and O–H groups in total. The Balaban J connectivity index is 1.23. The first kappa shape index (κ1) is 23.0. The van der Waals surface area contributed by atoms with Gasteiger partial charge in [0, 0.05) is 44.7 Å². The third-order valence-electron chi connectivity index (χ3n) is 5.21. The molecule has 0 spiro atoms. The molecule has 0 unspecified atom stereocenters. The van der Waals surface area contributed by atoms with Crippen LogP contribution in [0.25, 0.3) is 11.4 Å². The Hall–Kier alpha value is -2.65. The molecule has 1 saturated heterocycles. The number of nitrogens with zero attached hydrogens (tertiary/aromatic N) is 4. The smallest absolute Gasteiger partial charge is 0.226 e. The maximum atomic E-state index is 5.94. The standard InChI is InChI=1S/C22H34N6O3/c1-29-19-9-7-18(8-10-19)21-26-20(31-27-21)6-3-2-4-11-24-22(23)25-12-5-13-28-14-16-30-17-15-28/h7-10H,2-6,11-17H2,1H3,(H3,23,24,25). The van der Waals surface area contributed by atoms with Crippen molar-refractivity contribution in [2.24, 2.45) is 10.7 Å².